The number of hydrogen-bond acceptors (Lipinski definition) is 4. The average molecular weight is 353 g/mol. The van der Waals surface area contributed by atoms with E-state index in [1.807, 2.05) is 31.2 Å². The van der Waals surface area contributed by atoms with Gasteiger partial charge in [-0.3, -0.25) is 4.79 Å². The first-order chi connectivity index (χ1) is 12.7. The van der Waals surface area contributed by atoms with E-state index >= 15 is 0 Å². The average Bonchev–Trinajstić information content (AvgIpc) is 2.96. The van der Waals surface area contributed by atoms with Crippen LogP contribution in [0.25, 0.3) is 0 Å². The first kappa shape index (κ1) is 18.3. The molecule has 26 heavy (non-hydrogen) atoms. The lowest BCUT2D eigenvalue weighted by Crippen LogP contribution is -2.16. The molecule has 2 aromatic rings. The van der Waals surface area contributed by atoms with Crippen LogP contribution in [0.2, 0.25) is 0 Å². The van der Waals surface area contributed by atoms with E-state index in [1.54, 1.807) is 0 Å². The number of esters is 1. The summed E-state index contributed by atoms with van der Waals surface area (Å²) >= 11 is 0. The highest BCUT2D eigenvalue weighted by Crippen LogP contribution is 2.40. The van der Waals surface area contributed by atoms with Crippen LogP contribution in [0.3, 0.4) is 0 Å². The van der Waals surface area contributed by atoms with Crippen LogP contribution >= 0.6 is 0 Å². The molecular formula is C22H27NO3. The molecule has 2 unspecified atom stereocenters. The van der Waals surface area contributed by atoms with E-state index in [0.29, 0.717) is 31.6 Å². The lowest BCUT2D eigenvalue weighted by molar-refractivity contribution is -0.143. The second-order valence-corrected chi connectivity index (χ2v) is 6.76. The molecule has 3 rings (SSSR count). The summed E-state index contributed by atoms with van der Waals surface area (Å²) in [6.07, 6.45) is 2.28. The molecule has 0 aliphatic carbocycles. The van der Waals surface area contributed by atoms with Crippen molar-refractivity contribution in [2.75, 3.05) is 11.9 Å². The van der Waals surface area contributed by atoms with E-state index < -0.39 is 0 Å². The first-order valence-electron chi connectivity index (χ1n) is 9.40. The molecular weight excluding hydrogens is 326 g/mol. The second-order valence-electron chi connectivity index (χ2n) is 6.76. The van der Waals surface area contributed by atoms with Crippen LogP contribution in [0.1, 0.15) is 50.2 Å². The van der Waals surface area contributed by atoms with Crippen LogP contribution in [0, 0.1) is 0 Å². The van der Waals surface area contributed by atoms with Gasteiger partial charge in [-0.15, -0.1) is 0 Å². The summed E-state index contributed by atoms with van der Waals surface area (Å²) in [5, 5.41) is 3.54. The molecule has 1 aliphatic rings. The number of hydrogen-bond donors (Lipinski definition) is 1. The van der Waals surface area contributed by atoms with Crippen LogP contribution < -0.4 is 10.1 Å². The van der Waals surface area contributed by atoms with E-state index in [1.165, 1.54) is 11.3 Å². The van der Waals surface area contributed by atoms with Crippen molar-refractivity contribution in [1.29, 1.82) is 0 Å². The van der Waals surface area contributed by atoms with Gasteiger partial charge in [0.15, 0.2) is 0 Å². The van der Waals surface area contributed by atoms with E-state index in [-0.39, 0.29) is 5.97 Å². The van der Waals surface area contributed by atoms with Gasteiger partial charge in [0.25, 0.3) is 0 Å². The Labute approximate surface area is 155 Å². The Balaban J connectivity index is 1.61. The molecule has 0 saturated heterocycles. The zero-order valence-corrected chi connectivity index (χ0v) is 15.5. The Bertz CT molecular complexity index is 729. The van der Waals surface area contributed by atoms with Crippen LogP contribution in [-0.2, 0) is 16.1 Å². The summed E-state index contributed by atoms with van der Waals surface area (Å²) in [4.78, 5) is 11.6. The van der Waals surface area contributed by atoms with Crippen molar-refractivity contribution in [2.24, 2.45) is 0 Å². The Kier molecular flexibility index (Phi) is 6.16. The van der Waals surface area contributed by atoms with Gasteiger partial charge < -0.3 is 14.8 Å². The van der Waals surface area contributed by atoms with Gasteiger partial charge in [0, 0.05) is 24.1 Å². The van der Waals surface area contributed by atoms with Crippen molar-refractivity contribution in [3.63, 3.8) is 0 Å². The van der Waals surface area contributed by atoms with Crippen LogP contribution in [0.15, 0.2) is 48.5 Å². The molecule has 0 aromatic heterocycles. The predicted molar refractivity (Wildman–Crippen MR) is 104 cm³/mol. The summed E-state index contributed by atoms with van der Waals surface area (Å²) < 4.78 is 11.0. The van der Waals surface area contributed by atoms with Crippen LogP contribution in [0.5, 0.6) is 5.75 Å². The maximum Gasteiger partial charge on any atom is 0.305 e. The van der Waals surface area contributed by atoms with Gasteiger partial charge in [-0.2, -0.15) is 0 Å². The van der Waals surface area contributed by atoms with Gasteiger partial charge in [0.05, 0.1) is 6.61 Å². The summed E-state index contributed by atoms with van der Waals surface area (Å²) in [7, 11) is 0. The van der Waals surface area contributed by atoms with Crippen molar-refractivity contribution >= 4 is 11.7 Å². The number of anilines is 1. The minimum atomic E-state index is -0.105. The van der Waals surface area contributed by atoms with Gasteiger partial charge in [-0.05, 0) is 56.0 Å². The van der Waals surface area contributed by atoms with Crippen LogP contribution in [0.4, 0.5) is 5.69 Å². The molecule has 1 N–H and O–H groups in total. The summed E-state index contributed by atoms with van der Waals surface area (Å²) in [6, 6.07) is 16.8. The number of carbonyl (C=O) groups is 1. The third-order valence-corrected chi connectivity index (χ3v) is 4.86. The Morgan fingerprint density at radius 3 is 2.73 bits per heavy atom. The van der Waals surface area contributed by atoms with Gasteiger partial charge in [0.2, 0.25) is 0 Å². The standard InChI is InChI=1S/C22H27NO3/c1-3-25-22(24)11-7-10-19-16(2)23-21-13-12-18(14-20(19)21)26-15-17-8-5-4-6-9-17/h4-6,8-9,12-14,16,19,23H,3,7,10-11,15H2,1-2H3. The summed E-state index contributed by atoms with van der Waals surface area (Å²) in [5.41, 5.74) is 3.61. The van der Waals surface area contributed by atoms with E-state index in [4.69, 9.17) is 9.47 Å². The molecule has 4 nitrogen and oxygen atoms in total. The highest BCUT2D eigenvalue weighted by Gasteiger charge is 2.29. The minimum absolute atomic E-state index is 0.105. The van der Waals surface area contributed by atoms with Crippen molar-refractivity contribution in [1.82, 2.24) is 0 Å². The fraction of sp³-hybridized carbons (Fsp3) is 0.409. The molecule has 0 radical (unpaired) electrons. The molecule has 2 aromatic carbocycles. The lowest BCUT2D eigenvalue weighted by atomic mass is 9.90. The number of fused-ring (bicyclic) bond motifs is 1. The van der Waals surface area contributed by atoms with Gasteiger partial charge in [0.1, 0.15) is 12.4 Å². The van der Waals surface area contributed by atoms with Gasteiger partial charge in [-0.1, -0.05) is 30.3 Å². The molecule has 2 atom stereocenters. The number of carbonyl (C=O) groups excluding carboxylic acids is 1. The fourth-order valence-electron chi connectivity index (χ4n) is 3.53. The number of rotatable bonds is 8. The molecule has 4 heteroatoms. The quantitative estimate of drug-likeness (QED) is 0.686. The molecule has 0 fully saturated rings. The van der Waals surface area contributed by atoms with E-state index in [9.17, 15) is 4.79 Å². The molecule has 0 amide bonds. The lowest BCUT2D eigenvalue weighted by Gasteiger charge is -2.16. The van der Waals surface area contributed by atoms with Crippen LogP contribution in [-0.4, -0.2) is 18.6 Å². The number of ether oxygens (including phenoxy) is 2. The summed E-state index contributed by atoms with van der Waals surface area (Å²) in [6.45, 7) is 5.05. The normalized spacial score (nSPS) is 18.1. The number of nitrogens with one attached hydrogen (secondary N) is 1. The Morgan fingerprint density at radius 1 is 1.15 bits per heavy atom. The zero-order chi connectivity index (χ0) is 18.4. The zero-order valence-electron chi connectivity index (χ0n) is 15.5. The van der Waals surface area contributed by atoms with Crippen molar-refractivity contribution < 1.29 is 14.3 Å². The minimum Gasteiger partial charge on any atom is -0.489 e. The fourth-order valence-corrected chi connectivity index (χ4v) is 3.53. The molecule has 138 valence electrons. The topological polar surface area (TPSA) is 47.6 Å². The van der Waals surface area contributed by atoms with Crippen molar-refractivity contribution in [2.45, 2.75) is 51.7 Å². The second kappa shape index (κ2) is 8.75. The Hall–Kier alpha value is -2.49. The smallest absolute Gasteiger partial charge is 0.305 e. The van der Waals surface area contributed by atoms with Gasteiger partial charge in [-0.25, -0.2) is 0 Å². The largest absolute Gasteiger partial charge is 0.489 e. The first-order valence-corrected chi connectivity index (χ1v) is 9.40. The molecule has 0 bridgehead atoms. The SMILES string of the molecule is CCOC(=O)CCCC1c2cc(OCc3ccccc3)ccc2NC1C. The third-order valence-electron chi connectivity index (χ3n) is 4.86. The predicted octanol–water partition coefficient (Wildman–Crippen LogP) is 4.90. The Morgan fingerprint density at radius 2 is 1.96 bits per heavy atom. The highest BCUT2D eigenvalue weighted by atomic mass is 16.5. The molecule has 1 heterocycles. The monoisotopic (exact) mass is 353 g/mol. The maximum absolute atomic E-state index is 11.6. The van der Waals surface area contributed by atoms with Crippen molar-refractivity contribution in [3.8, 4) is 5.75 Å². The third kappa shape index (κ3) is 4.57. The van der Waals surface area contributed by atoms with Gasteiger partial charge >= 0.3 is 5.97 Å². The summed E-state index contributed by atoms with van der Waals surface area (Å²) in [5.74, 6) is 1.17. The number of benzene rings is 2. The molecule has 1 aliphatic heterocycles. The highest BCUT2D eigenvalue weighted by molar-refractivity contribution is 5.69. The maximum atomic E-state index is 11.6. The van der Waals surface area contributed by atoms with E-state index in [2.05, 4.69) is 36.5 Å². The van der Waals surface area contributed by atoms with Crippen molar-refractivity contribution in [3.05, 3.63) is 59.7 Å². The molecule has 0 spiro atoms. The van der Waals surface area contributed by atoms with E-state index in [0.717, 1.165) is 24.2 Å². The molecule has 0 saturated carbocycles.